The van der Waals surface area contributed by atoms with Gasteiger partial charge in [-0.25, -0.2) is 4.39 Å². The van der Waals surface area contributed by atoms with E-state index in [-0.39, 0.29) is 30.2 Å². The van der Waals surface area contributed by atoms with E-state index in [2.05, 4.69) is 19.9 Å². The lowest BCUT2D eigenvalue weighted by Gasteiger charge is -2.35. The Morgan fingerprint density at radius 2 is 1.66 bits per heavy atom. The zero-order valence-corrected chi connectivity index (χ0v) is 22.3. The van der Waals surface area contributed by atoms with Crippen LogP contribution in [0.1, 0.15) is 93.6 Å². The lowest BCUT2D eigenvalue weighted by Crippen LogP contribution is -2.47. The lowest BCUT2D eigenvalue weighted by molar-refractivity contribution is -0.143. The van der Waals surface area contributed by atoms with Crippen molar-refractivity contribution in [3.63, 3.8) is 0 Å². The highest BCUT2D eigenvalue weighted by molar-refractivity contribution is 7.10. The smallest absolute Gasteiger partial charge is 0.242 e. The summed E-state index contributed by atoms with van der Waals surface area (Å²) < 4.78 is 13.5. The minimum Gasteiger partial charge on any atom is -0.332 e. The van der Waals surface area contributed by atoms with Gasteiger partial charge in [0.25, 0.3) is 0 Å². The molecule has 1 aromatic heterocycles. The first-order valence-electron chi connectivity index (χ1n) is 13.3. The van der Waals surface area contributed by atoms with Gasteiger partial charge < -0.3 is 9.80 Å². The Morgan fingerprint density at radius 3 is 2.31 bits per heavy atom. The van der Waals surface area contributed by atoms with E-state index in [0.717, 1.165) is 55.4 Å². The molecule has 2 aromatic rings. The standard InChI is InChI=1S/C29H41FN2O2S/c1-3-4-5-6-10-13-28(33)32(26-11-8-7-9-12-26)22-29(34)31(21-27-23(2)18-19-35-27)20-24-14-16-25(30)17-15-24/h14-19,26H,3-13,20-22H2,1-2H3. The van der Waals surface area contributed by atoms with Gasteiger partial charge in [-0.3, -0.25) is 9.59 Å². The summed E-state index contributed by atoms with van der Waals surface area (Å²) in [6.45, 7) is 5.29. The molecule has 1 saturated carbocycles. The Kier molecular flexibility index (Phi) is 11.2. The molecule has 0 unspecified atom stereocenters. The number of rotatable bonds is 13. The Morgan fingerprint density at radius 1 is 0.943 bits per heavy atom. The number of aryl methyl sites for hydroxylation is 1. The monoisotopic (exact) mass is 500 g/mol. The fourth-order valence-corrected chi connectivity index (χ4v) is 5.79. The summed E-state index contributed by atoms with van der Waals surface area (Å²) in [4.78, 5) is 31.9. The van der Waals surface area contributed by atoms with Gasteiger partial charge in [0, 0.05) is 23.9 Å². The summed E-state index contributed by atoms with van der Waals surface area (Å²) >= 11 is 1.64. The zero-order valence-electron chi connectivity index (χ0n) is 21.4. The first-order chi connectivity index (χ1) is 17.0. The van der Waals surface area contributed by atoms with Crippen LogP contribution in [0.15, 0.2) is 35.7 Å². The van der Waals surface area contributed by atoms with Crippen molar-refractivity contribution in [1.82, 2.24) is 9.80 Å². The predicted molar refractivity (Wildman–Crippen MR) is 142 cm³/mol. The van der Waals surface area contributed by atoms with Gasteiger partial charge in [-0.15, -0.1) is 11.3 Å². The molecule has 1 aliphatic carbocycles. The number of carbonyl (C=O) groups excluding carboxylic acids is 2. The van der Waals surface area contributed by atoms with Crippen LogP contribution in [-0.4, -0.2) is 34.2 Å². The van der Waals surface area contributed by atoms with Gasteiger partial charge >= 0.3 is 0 Å². The van der Waals surface area contributed by atoms with Gasteiger partial charge in [0.1, 0.15) is 12.4 Å². The quantitative estimate of drug-likeness (QED) is 0.272. The minimum atomic E-state index is -0.284. The molecule has 4 nitrogen and oxygen atoms in total. The molecule has 1 aliphatic rings. The van der Waals surface area contributed by atoms with Gasteiger partial charge in [-0.05, 0) is 60.9 Å². The maximum Gasteiger partial charge on any atom is 0.242 e. The molecular formula is C29H41FN2O2S. The van der Waals surface area contributed by atoms with E-state index in [1.165, 1.54) is 37.0 Å². The number of thiophene rings is 1. The van der Waals surface area contributed by atoms with Gasteiger partial charge in [0.2, 0.25) is 11.8 Å². The van der Waals surface area contributed by atoms with Crippen molar-refractivity contribution in [1.29, 1.82) is 0 Å². The van der Waals surface area contributed by atoms with Crippen molar-refractivity contribution in [2.75, 3.05) is 6.54 Å². The summed E-state index contributed by atoms with van der Waals surface area (Å²) in [6, 6.07) is 8.56. The van der Waals surface area contributed by atoms with E-state index in [9.17, 15) is 14.0 Å². The third kappa shape index (κ3) is 8.75. The molecule has 6 heteroatoms. The summed E-state index contributed by atoms with van der Waals surface area (Å²) in [5.74, 6) is -0.198. The number of hydrogen-bond donors (Lipinski definition) is 0. The van der Waals surface area contributed by atoms with Gasteiger partial charge in [-0.2, -0.15) is 0 Å². The van der Waals surface area contributed by atoms with E-state index >= 15 is 0 Å². The number of hydrogen-bond acceptors (Lipinski definition) is 3. The van der Waals surface area contributed by atoms with Crippen molar-refractivity contribution in [2.24, 2.45) is 0 Å². The number of nitrogens with zero attached hydrogens (tertiary/aromatic N) is 2. The molecule has 0 aliphatic heterocycles. The Labute approximate surface area is 214 Å². The first kappa shape index (κ1) is 27.4. The Bertz CT molecular complexity index is 921. The largest absolute Gasteiger partial charge is 0.332 e. The van der Waals surface area contributed by atoms with Crippen molar-refractivity contribution in [3.8, 4) is 0 Å². The second-order valence-electron chi connectivity index (χ2n) is 9.88. The summed E-state index contributed by atoms with van der Waals surface area (Å²) in [5, 5.41) is 2.04. The van der Waals surface area contributed by atoms with Crippen LogP contribution in [0.25, 0.3) is 0 Å². The minimum absolute atomic E-state index is 0.0352. The molecule has 35 heavy (non-hydrogen) atoms. The van der Waals surface area contributed by atoms with Crippen molar-refractivity contribution < 1.29 is 14.0 Å². The maximum atomic E-state index is 13.7. The molecule has 2 amide bonds. The van der Waals surface area contributed by atoms with Crippen LogP contribution in [0.4, 0.5) is 4.39 Å². The van der Waals surface area contributed by atoms with Crippen LogP contribution >= 0.6 is 11.3 Å². The third-order valence-corrected chi connectivity index (χ3v) is 8.09. The molecule has 0 N–H and O–H groups in total. The second-order valence-corrected chi connectivity index (χ2v) is 10.9. The number of carbonyl (C=O) groups is 2. The van der Waals surface area contributed by atoms with Crippen molar-refractivity contribution in [2.45, 2.75) is 104 Å². The molecule has 3 rings (SSSR count). The molecule has 0 atom stereocenters. The molecule has 0 bridgehead atoms. The fraction of sp³-hybridized carbons (Fsp3) is 0.586. The number of unbranched alkanes of at least 4 members (excludes halogenated alkanes) is 4. The predicted octanol–water partition coefficient (Wildman–Crippen LogP) is 7.25. The molecule has 0 radical (unpaired) electrons. The average molecular weight is 501 g/mol. The number of amides is 2. The van der Waals surface area contributed by atoms with E-state index < -0.39 is 0 Å². The highest BCUT2D eigenvalue weighted by atomic mass is 32.1. The van der Waals surface area contributed by atoms with Crippen LogP contribution in [0.3, 0.4) is 0 Å². The first-order valence-corrected chi connectivity index (χ1v) is 14.2. The molecule has 1 aromatic carbocycles. The van der Waals surface area contributed by atoms with Crippen LogP contribution in [0.2, 0.25) is 0 Å². The van der Waals surface area contributed by atoms with E-state index in [4.69, 9.17) is 0 Å². The van der Waals surface area contributed by atoms with Crippen molar-refractivity contribution >= 4 is 23.2 Å². The van der Waals surface area contributed by atoms with Crippen LogP contribution < -0.4 is 0 Å². The molecule has 0 spiro atoms. The van der Waals surface area contributed by atoms with Gasteiger partial charge in [-0.1, -0.05) is 64.0 Å². The van der Waals surface area contributed by atoms with E-state index in [0.29, 0.717) is 19.5 Å². The summed E-state index contributed by atoms with van der Waals surface area (Å²) in [6.07, 6.45) is 11.5. The topological polar surface area (TPSA) is 40.6 Å². The zero-order chi connectivity index (χ0) is 25.0. The van der Waals surface area contributed by atoms with Crippen molar-refractivity contribution in [3.05, 3.63) is 57.5 Å². The van der Waals surface area contributed by atoms with Crippen LogP contribution in [-0.2, 0) is 22.7 Å². The fourth-order valence-electron chi connectivity index (χ4n) is 4.86. The molecule has 0 saturated heterocycles. The number of halogens is 1. The van der Waals surface area contributed by atoms with Gasteiger partial charge in [0.15, 0.2) is 0 Å². The summed E-state index contributed by atoms with van der Waals surface area (Å²) in [7, 11) is 0. The highest BCUT2D eigenvalue weighted by Gasteiger charge is 2.29. The second kappa shape index (κ2) is 14.4. The molecule has 192 valence electrons. The molecule has 1 fully saturated rings. The van der Waals surface area contributed by atoms with Gasteiger partial charge in [0.05, 0.1) is 6.54 Å². The Balaban J connectivity index is 1.73. The maximum absolute atomic E-state index is 13.7. The highest BCUT2D eigenvalue weighted by Crippen LogP contribution is 2.25. The Hall–Kier alpha value is -2.21. The van der Waals surface area contributed by atoms with E-state index in [1.807, 2.05) is 15.2 Å². The normalized spacial score (nSPS) is 14.1. The number of benzene rings is 1. The lowest BCUT2D eigenvalue weighted by atomic mass is 9.93. The SMILES string of the molecule is CCCCCCCC(=O)N(CC(=O)N(Cc1ccc(F)cc1)Cc1sccc1C)C1CCCCC1. The average Bonchev–Trinajstić information content (AvgIpc) is 3.27. The third-order valence-electron chi connectivity index (χ3n) is 7.08. The van der Waals surface area contributed by atoms with Crippen LogP contribution in [0.5, 0.6) is 0 Å². The molecule has 1 heterocycles. The summed E-state index contributed by atoms with van der Waals surface area (Å²) in [5.41, 5.74) is 2.06. The van der Waals surface area contributed by atoms with E-state index in [1.54, 1.807) is 23.5 Å². The van der Waals surface area contributed by atoms with Crippen LogP contribution in [0, 0.1) is 12.7 Å². The molecular weight excluding hydrogens is 459 g/mol.